The molecule has 1 amide bonds. The van der Waals surface area contributed by atoms with Crippen LogP contribution in [0.4, 0.5) is 4.39 Å². The van der Waals surface area contributed by atoms with Crippen LogP contribution in [0.3, 0.4) is 0 Å². The molecule has 3 heterocycles. The molecule has 4 rings (SSSR count). The molecule has 1 aromatic heterocycles. The second-order valence-corrected chi connectivity index (χ2v) is 7.13. The lowest BCUT2D eigenvalue weighted by Crippen LogP contribution is -2.34. The highest BCUT2D eigenvalue weighted by atomic mass is 35.5. The topological polar surface area (TPSA) is 58.4 Å². The van der Waals surface area contributed by atoms with Gasteiger partial charge in [0.25, 0.3) is 0 Å². The molecule has 0 unspecified atom stereocenters. The van der Waals surface area contributed by atoms with Gasteiger partial charge in [0.1, 0.15) is 11.6 Å². The van der Waals surface area contributed by atoms with Crippen molar-refractivity contribution in [2.24, 2.45) is 11.8 Å². The fourth-order valence-corrected chi connectivity index (χ4v) is 4.23. The summed E-state index contributed by atoms with van der Waals surface area (Å²) in [5, 5.41) is 7.31. The van der Waals surface area contributed by atoms with Crippen molar-refractivity contribution in [3.8, 4) is 0 Å². The number of rotatable bonds is 4. The van der Waals surface area contributed by atoms with E-state index in [-0.39, 0.29) is 17.8 Å². The number of carbonyl (C=O) groups excluding carboxylic acids is 1. The Kier molecular flexibility index (Phi) is 4.48. The monoisotopic (exact) mass is 363 g/mol. The molecule has 25 heavy (non-hydrogen) atoms. The van der Waals surface area contributed by atoms with Crippen molar-refractivity contribution < 1.29 is 13.7 Å². The summed E-state index contributed by atoms with van der Waals surface area (Å²) in [4.78, 5) is 14.7. The van der Waals surface area contributed by atoms with Gasteiger partial charge in [-0.15, -0.1) is 0 Å². The summed E-state index contributed by atoms with van der Waals surface area (Å²) in [6, 6.07) is 8.14. The van der Waals surface area contributed by atoms with Gasteiger partial charge in [-0.1, -0.05) is 28.9 Å². The van der Waals surface area contributed by atoms with Gasteiger partial charge in [-0.25, -0.2) is 4.39 Å². The first kappa shape index (κ1) is 16.5. The maximum atomic E-state index is 13.7. The largest absolute Gasteiger partial charge is 0.360 e. The molecule has 0 aliphatic carbocycles. The summed E-state index contributed by atoms with van der Waals surface area (Å²) in [5.74, 6) is 1.12. The van der Waals surface area contributed by atoms with Gasteiger partial charge in [0.2, 0.25) is 5.91 Å². The summed E-state index contributed by atoms with van der Waals surface area (Å²) >= 11 is 5.74. The Morgan fingerprint density at radius 3 is 3.04 bits per heavy atom. The zero-order valence-electron chi connectivity index (χ0n) is 13.6. The highest BCUT2D eigenvalue weighted by Crippen LogP contribution is 2.43. The van der Waals surface area contributed by atoms with Gasteiger partial charge in [0.05, 0.1) is 6.04 Å². The van der Waals surface area contributed by atoms with Crippen LogP contribution in [0.5, 0.6) is 0 Å². The smallest absolute Gasteiger partial charge is 0.223 e. The van der Waals surface area contributed by atoms with Crippen molar-refractivity contribution in [1.29, 1.82) is 0 Å². The van der Waals surface area contributed by atoms with Crippen LogP contribution in [-0.4, -0.2) is 35.6 Å². The minimum Gasteiger partial charge on any atom is -0.360 e. The summed E-state index contributed by atoms with van der Waals surface area (Å²) in [6.45, 7) is 2.46. The number of hydrogen-bond donors (Lipinski definition) is 1. The molecule has 132 valence electrons. The second kappa shape index (κ2) is 6.77. The molecule has 7 heteroatoms. The van der Waals surface area contributed by atoms with Crippen molar-refractivity contribution in [2.45, 2.75) is 18.9 Å². The van der Waals surface area contributed by atoms with E-state index in [0.717, 1.165) is 18.7 Å². The van der Waals surface area contributed by atoms with E-state index in [9.17, 15) is 9.18 Å². The van der Waals surface area contributed by atoms with Crippen LogP contribution < -0.4 is 5.32 Å². The predicted octanol–water partition coefficient (Wildman–Crippen LogP) is 2.82. The van der Waals surface area contributed by atoms with Gasteiger partial charge in [0.15, 0.2) is 5.15 Å². The number of fused-ring (bicyclic) bond motifs is 1. The van der Waals surface area contributed by atoms with Crippen molar-refractivity contribution in [1.82, 2.24) is 15.4 Å². The quantitative estimate of drug-likeness (QED) is 0.907. The second-order valence-electron chi connectivity index (χ2n) is 6.74. The molecular formula is C18H19ClFN3O2. The standard InChI is InChI=1S/C18H19ClFN3O2/c19-16-7-14(25-22-16)4-5-17(24)23-10-12-8-21-9-15(12)18(23)11-2-1-3-13(20)6-11/h1-3,6-7,12,15,18,21H,4-5,8-10H2/t12-,15-,18+/m0/s1. The molecule has 2 saturated heterocycles. The first-order chi connectivity index (χ1) is 12.1. The van der Waals surface area contributed by atoms with E-state index in [1.165, 1.54) is 6.07 Å². The Labute approximate surface area is 150 Å². The molecule has 0 saturated carbocycles. The van der Waals surface area contributed by atoms with Crippen LogP contribution in [0.15, 0.2) is 34.9 Å². The Morgan fingerprint density at radius 2 is 2.28 bits per heavy atom. The fourth-order valence-electron chi connectivity index (χ4n) is 4.07. The third-order valence-electron chi connectivity index (χ3n) is 5.19. The Morgan fingerprint density at radius 1 is 1.40 bits per heavy atom. The SMILES string of the molecule is O=C(CCc1cc(Cl)no1)N1C[C@@H]2CNC[C@@H]2[C@H]1c1cccc(F)c1. The first-order valence-corrected chi connectivity index (χ1v) is 8.86. The number of likely N-dealkylation sites (tertiary alicyclic amines) is 1. The molecule has 3 atom stereocenters. The summed E-state index contributed by atoms with van der Waals surface area (Å²) < 4.78 is 18.8. The van der Waals surface area contributed by atoms with E-state index in [0.29, 0.717) is 42.1 Å². The predicted molar refractivity (Wildman–Crippen MR) is 90.5 cm³/mol. The average molecular weight is 364 g/mol. The van der Waals surface area contributed by atoms with Crippen molar-refractivity contribution in [3.05, 3.63) is 52.6 Å². The molecule has 2 aromatic rings. The minimum absolute atomic E-state index is 0.0520. The number of amides is 1. The number of nitrogens with zero attached hydrogens (tertiary/aromatic N) is 2. The Bertz CT molecular complexity index is 781. The molecule has 2 aliphatic rings. The Hall–Kier alpha value is -1.92. The average Bonchev–Trinajstić information content (AvgIpc) is 3.27. The third-order valence-corrected chi connectivity index (χ3v) is 5.37. The van der Waals surface area contributed by atoms with E-state index >= 15 is 0 Å². The van der Waals surface area contributed by atoms with E-state index in [2.05, 4.69) is 10.5 Å². The van der Waals surface area contributed by atoms with Crippen LogP contribution in [0.2, 0.25) is 5.15 Å². The van der Waals surface area contributed by atoms with Crippen LogP contribution in [0.25, 0.3) is 0 Å². The zero-order chi connectivity index (χ0) is 17.4. The lowest BCUT2D eigenvalue weighted by molar-refractivity contribution is -0.132. The minimum atomic E-state index is -0.268. The molecule has 1 N–H and O–H groups in total. The van der Waals surface area contributed by atoms with Crippen molar-refractivity contribution in [3.63, 3.8) is 0 Å². The highest BCUT2D eigenvalue weighted by Gasteiger charge is 2.46. The Balaban J connectivity index is 1.53. The summed E-state index contributed by atoms with van der Waals surface area (Å²) in [7, 11) is 0. The number of carbonyl (C=O) groups is 1. The van der Waals surface area contributed by atoms with E-state index in [4.69, 9.17) is 16.1 Å². The molecule has 0 spiro atoms. The highest BCUT2D eigenvalue weighted by molar-refractivity contribution is 6.29. The van der Waals surface area contributed by atoms with Gasteiger partial charge < -0.3 is 14.7 Å². The van der Waals surface area contributed by atoms with Gasteiger partial charge in [-0.2, -0.15) is 0 Å². The number of halogens is 2. The number of aromatic nitrogens is 1. The maximum absolute atomic E-state index is 13.7. The molecule has 2 aliphatic heterocycles. The first-order valence-electron chi connectivity index (χ1n) is 8.48. The van der Waals surface area contributed by atoms with Gasteiger partial charge in [-0.3, -0.25) is 4.79 Å². The van der Waals surface area contributed by atoms with Crippen molar-refractivity contribution in [2.75, 3.05) is 19.6 Å². The van der Waals surface area contributed by atoms with Gasteiger partial charge in [0, 0.05) is 44.5 Å². The summed E-state index contributed by atoms with van der Waals surface area (Å²) in [6.07, 6.45) is 0.780. The number of nitrogens with one attached hydrogen (secondary N) is 1. The molecule has 0 radical (unpaired) electrons. The van der Waals surface area contributed by atoms with Crippen LogP contribution >= 0.6 is 11.6 Å². The third kappa shape index (κ3) is 3.28. The number of hydrogen-bond acceptors (Lipinski definition) is 4. The molecule has 1 aromatic carbocycles. The molecule has 5 nitrogen and oxygen atoms in total. The van der Waals surface area contributed by atoms with E-state index in [1.807, 2.05) is 11.0 Å². The maximum Gasteiger partial charge on any atom is 0.223 e. The molecule has 0 bridgehead atoms. The lowest BCUT2D eigenvalue weighted by Gasteiger charge is -2.28. The fraction of sp³-hybridized carbons (Fsp3) is 0.444. The summed E-state index contributed by atoms with van der Waals surface area (Å²) in [5.41, 5.74) is 0.868. The number of aryl methyl sites for hydroxylation is 1. The molecule has 2 fully saturated rings. The number of benzene rings is 1. The lowest BCUT2D eigenvalue weighted by atomic mass is 9.89. The van der Waals surface area contributed by atoms with E-state index in [1.54, 1.807) is 18.2 Å². The molecular weight excluding hydrogens is 345 g/mol. The normalized spacial score (nSPS) is 25.4. The van der Waals surface area contributed by atoms with E-state index < -0.39 is 0 Å². The van der Waals surface area contributed by atoms with Gasteiger partial charge in [-0.05, 0) is 23.6 Å². The van der Waals surface area contributed by atoms with Crippen LogP contribution in [-0.2, 0) is 11.2 Å². The zero-order valence-corrected chi connectivity index (χ0v) is 14.4. The van der Waals surface area contributed by atoms with Gasteiger partial charge >= 0.3 is 0 Å². The van der Waals surface area contributed by atoms with Crippen molar-refractivity contribution >= 4 is 17.5 Å². The van der Waals surface area contributed by atoms with Crippen LogP contribution in [0.1, 0.15) is 23.8 Å². The van der Waals surface area contributed by atoms with Crippen LogP contribution in [0, 0.1) is 17.7 Å².